The van der Waals surface area contributed by atoms with Gasteiger partial charge in [-0.25, -0.2) is 13.2 Å². The van der Waals surface area contributed by atoms with Crippen LogP contribution >= 0.6 is 0 Å². The van der Waals surface area contributed by atoms with Crippen molar-refractivity contribution in [1.82, 2.24) is 9.78 Å². The molecular weight excluding hydrogens is 347 g/mol. The smallest absolute Gasteiger partial charge is 0.479 e. The van der Waals surface area contributed by atoms with Crippen LogP contribution in [0.2, 0.25) is 0 Å². The Labute approximate surface area is 147 Å². The summed E-state index contributed by atoms with van der Waals surface area (Å²) in [5, 5.41) is 13.9. The third kappa shape index (κ3) is 3.00. The van der Waals surface area contributed by atoms with Gasteiger partial charge in [0.1, 0.15) is 0 Å². The van der Waals surface area contributed by atoms with Gasteiger partial charge in [0.05, 0.1) is 22.7 Å². The van der Waals surface area contributed by atoms with Crippen LogP contribution in [0.4, 0.5) is 0 Å². The lowest BCUT2D eigenvalue weighted by molar-refractivity contribution is -0.148. The SMILES string of the molecule is CC1(C)OB(c2cnn(C3(C(=O)O)CCS(=O)(=O)CC3)c2)OC1(C)C. The van der Waals surface area contributed by atoms with Crippen LogP contribution in [0.25, 0.3) is 0 Å². The molecule has 2 fully saturated rings. The minimum Gasteiger partial charge on any atom is -0.479 e. The van der Waals surface area contributed by atoms with Crippen molar-refractivity contribution in [3.05, 3.63) is 12.4 Å². The molecule has 2 aliphatic rings. The highest BCUT2D eigenvalue weighted by Crippen LogP contribution is 2.37. The van der Waals surface area contributed by atoms with Crippen molar-refractivity contribution in [2.45, 2.75) is 57.3 Å². The molecule has 1 aromatic heterocycles. The quantitative estimate of drug-likeness (QED) is 0.756. The third-order valence-corrected chi connectivity index (χ3v) is 7.27. The zero-order valence-corrected chi connectivity index (χ0v) is 15.7. The number of carboxylic acids is 1. The number of hydrogen-bond acceptors (Lipinski definition) is 6. The lowest BCUT2D eigenvalue weighted by Gasteiger charge is -2.33. The van der Waals surface area contributed by atoms with E-state index in [0.717, 1.165) is 0 Å². The van der Waals surface area contributed by atoms with Gasteiger partial charge in [0.25, 0.3) is 0 Å². The molecule has 0 unspecified atom stereocenters. The van der Waals surface area contributed by atoms with E-state index in [9.17, 15) is 18.3 Å². The number of nitrogens with zero attached hydrogens (tertiary/aromatic N) is 2. The third-order valence-electron chi connectivity index (χ3n) is 5.62. The average Bonchev–Trinajstić information content (AvgIpc) is 3.03. The van der Waals surface area contributed by atoms with E-state index >= 15 is 0 Å². The zero-order valence-electron chi connectivity index (χ0n) is 14.9. The number of carboxylic acid groups (broad SMARTS) is 1. The lowest BCUT2D eigenvalue weighted by Crippen LogP contribution is -2.48. The molecule has 0 saturated carbocycles. The van der Waals surface area contributed by atoms with E-state index in [4.69, 9.17) is 9.31 Å². The Morgan fingerprint density at radius 2 is 1.72 bits per heavy atom. The summed E-state index contributed by atoms with van der Waals surface area (Å²) in [4.78, 5) is 11.9. The average molecular weight is 370 g/mol. The van der Waals surface area contributed by atoms with Crippen molar-refractivity contribution < 1.29 is 27.6 Å². The fourth-order valence-corrected chi connectivity index (χ4v) is 4.59. The molecule has 10 heteroatoms. The predicted molar refractivity (Wildman–Crippen MR) is 91.4 cm³/mol. The summed E-state index contributed by atoms with van der Waals surface area (Å²) in [7, 11) is -3.83. The summed E-state index contributed by atoms with van der Waals surface area (Å²) in [5.74, 6) is -1.40. The molecule has 0 spiro atoms. The molecule has 8 nitrogen and oxygen atoms in total. The predicted octanol–water partition coefficient (Wildman–Crippen LogP) is 0.171. The first-order valence-electron chi connectivity index (χ1n) is 8.23. The van der Waals surface area contributed by atoms with Gasteiger partial charge in [0.2, 0.25) is 0 Å². The molecule has 0 aliphatic carbocycles. The van der Waals surface area contributed by atoms with Gasteiger partial charge >= 0.3 is 13.1 Å². The first kappa shape index (κ1) is 18.4. The fourth-order valence-electron chi connectivity index (χ4n) is 3.09. The van der Waals surface area contributed by atoms with Crippen molar-refractivity contribution in [2.75, 3.05) is 11.5 Å². The molecule has 0 bridgehead atoms. The first-order valence-corrected chi connectivity index (χ1v) is 10.1. The van der Waals surface area contributed by atoms with Gasteiger partial charge < -0.3 is 14.4 Å². The minimum absolute atomic E-state index is 0.00481. The number of hydrogen-bond donors (Lipinski definition) is 1. The van der Waals surface area contributed by atoms with Gasteiger partial charge in [-0.1, -0.05) is 0 Å². The Morgan fingerprint density at radius 3 is 2.20 bits per heavy atom. The summed E-state index contributed by atoms with van der Waals surface area (Å²) in [6.07, 6.45) is 3.11. The van der Waals surface area contributed by atoms with Crippen LogP contribution in [0, 0.1) is 0 Å². The van der Waals surface area contributed by atoms with E-state index in [1.807, 2.05) is 27.7 Å². The maximum atomic E-state index is 11.9. The molecule has 2 aliphatic heterocycles. The summed E-state index contributed by atoms with van der Waals surface area (Å²) < 4.78 is 36.6. The minimum atomic E-state index is -3.19. The molecule has 2 saturated heterocycles. The van der Waals surface area contributed by atoms with E-state index in [1.54, 1.807) is 6.20 Å². The highest BCUT2D eigenvalue weighted by Gasteiger charge is 2.53. The Morgan fingerprint density at radius 1 is 1.20 bits per heavy atom. The van der Waals surface area contributed by atoms with Gasteiger partial charge in [-0.05, 0) is 40.5 Å². The molecule has 25 heavy (non-hydrogen) atoms. The van der Waals surface area contributed by atoms with Gasteiger partial charge in [0.15, 0.2) is 15.4 Å². The van der Waals surface area contributed by atoms with Crippen LogP contribution < -0.4 is 5.46 Å². The molecule has 138 valence electrons. The molecule has 0 aromatic carbocycles. The monoisotopic (exact) mass is 370 g/mol. The molecule has 3 heterocycles. The highest BCUT2D eigenvalue weighted by molar-refractivity contribution is 7.91. The van der Waals surface area contributed by atoms with Crippen LogP contribution in [-0.2, 0) is 29.5 Å². The standard InChI is InChI=1S/C15H23BN2O6S/c1-13(2)14(3,4)24-16(23-13)11-9-17-18(10-11)15(12(19)20)5-7-25(21,22)8-6-15/h9-10H,5-8H2,1-4H3,(H,19,20). The number of aromatic nitrogens is 2. The largest absolute Gasteiger partial charge is 0.498 e. The van der Waals surface area contributed by atoms with Gasteiger partial charge in [-0.2, -0.15) is 5.10 Å². The van der Waals surface area contributed by atoms with Crippen LogP contribution in [0.5, 0.6) is 0 Å². The van der Waals surface area contributed by atoms with Crippen molar-refractivity contribution in [3.63, 3.8) is 0 Å². The van der Waals surface area contributed by atoms with Gasteiger partial charge in [-0.15, -0.1) is 0 Å². The van der Waals surface area contributed by atoms with Crippen LogP contribution in [0.1, 0.15) is 40.5 Å². The zero-order chi connectivity index (χ0) is 18.7. The van der Waals surface area contributed by atoms with Crippen LogP contribution in [0.15, 0.2) is 12.4 Å². The Balaban J connectivity index is 1.89. The van der Waals surface area contributed by atoms with Crippen LogP contribution in [0.3, 0.4) is 0 Å². The molecule has 3 rings (SSSR count). The Bertz CT molecular complexity index is 771. The summed E-state index contributed by atoms with van der Waals surface area (Å²) in [6.45, 7) is 7.73. The number of rotatable bonds is 3. The van der Waals surface area contributed by atoms with E-state index in [0.29, 0.717) is 5.46 Å². The van der Waals surface area contributed by atoms with E-state index in [1.165, 1.54) is 10.9 Å². The van der Waals surface area contributed by atoms with E-state index in [-0.39, 0.29) is 24.3 Å². The second kappa shape index (κ2) is 5.55. The topological polar surface area (TPSA) is 108 Å². The normalized spacial score (nSPS) is 26.5. The first-order chi connectivity index (χ1) is 11.4. The molecule has 0 amide bonds. The molecule has 1 N–H and O–H groups in total. The van der Waals surface area contributed by atoms with E-state index < -0.39 is 39.7 Å². The van der Waals surface area contributed by atoms with Crippen molar-refractivity contribution in [1.29, 1.82) is 0 Å². The molecule has 1 aromatic rings. The Hall–Kier alpha value is -1.39. The maximum Gasteiger partial charge on any atom is 0.498 e. The molecule has 0 radical (unpaired) electrons. The van der Waals surface area contributed by atoms with Gasteiger partial charge in [-0.3, -0.25) is 4.68 Å². The highest BCUT2D eigenvalue weighted by atomic mass is 32.2. The summed E-state index contributed by atoms with van der Waals surface area (Å²) in [6, 6.07) is 0. The lowest BCUT2D eigenvalue weighted by atomic mass is 9.81. The Kier molecular flexibility index (Phi) is 4.09. The number of sulfone groups is 1. The van der Waals surface area contributed by atoms with Crippen molar-refractivity contribution >= 4 is 28.4 Å². The molecule has 0 atom stereocenters. The number of carbonyl (C=O) groups is 1. The second-order valence-corrected chi connectivity index (χ2v) is 10.1. The molecular formula is C15H23BN2O6S. The maximum absolute atomic E-state index is 11.9. The number of aliphatic carboxylic acids is 1. The van der Waals surface area contributed by atoms with Crippen molar-refractivity contribution in [2.24, 2.45) is 0 Å². The second-order valence-electron chi connectivity index (χ2n) is 7.80. The summed E-state index contributed by atoms with van der Waals surface area (Å²) in [5.41, 5.74) is -1.76. The van der Waals surface area contributed by atoms with E-state index in [2.05, 4.69) is 5.10 Å². The van der Waals surface area contributed by atoms with Crippen molar-refractivity contribution in [3.8, 4) is 0 Å². The fraction of sp³-hybridized carbons (Fsp3) is 0.733. The summed E-state index contributed by atoms with van der Waals surface area (Å²) >= 11 is 0. The van der Waals surface area contributed by atoms with Crippen LogP contribution in [-0.4, -0.2) is 59.1 Å². The van der Waals surface area contributed by atoms with Gasteiger partial charge in [0, 0.05) is 17.9 Å².